The summed E-state index contributed by atoms with van der Waals surface area (Å²) in [5, 5.41) is 0. The Labute approximate surface area is 143 Å². The van der Waals surface area contributed by atoms with Crippen LogP contribution in [0.4, 0.5) is 0 Å². The smallest absolute Gasteiger partial charge is 0.176 e. The highest BCUT2D eigenvalue weighted by atomic mass is 127. The molecular weight excluding hydrogens is 391 g/mol. The third kappa shape index (κ3) is 3.11. The summed E-state index contributed by atoms with van der Waals surface area (Å²) in [6.45, 7) is 0.485. The van der Waals surface area contributed by atoms with Gasteiger partial charge in [-0.3, -0.25) is 4.79 Å². The van der Waals surface area contributed by atoms with Gasteiger partial charge in [-0.15, -0.1) is 0 Å². The fraction of sp³-hybridized carbons (Fsp3) is 0.278. The molecule has 22 heavy (non-hydrogen) atoms. The molecular formula is C18H17IO3. The quantitative estimate of drug-likeness (QED) is 0.562. The highest BCUT2D eigenvalue weighted by Gasteiger charge is 2.27. The SMILES string of the molecule is COc1cc2c(cc1OCc1ccccc1)CCC(I)C2=O. The zero-order valence-corrected chi connectivity index (χ0v) is 14.5. The molecule has 4 heteroatoms. The van der Waals surface area contributed by atoms with E-state index in [0.717, 1.165) is 29.5 Å². The van der Waals surface area contributed by atoms with Crippen molar-refractivity contribution in [1.82, 2.24) is 0 Å². The van der Waals surface area contributed by atoms with Crippen molar-refractivity contribution in [2.45, 2.75) is 23.4 Å². The number of methoxy groups -OCH3 is 1. The predicted octanol–water partition coefficient (Wildman–Crippen LogP) is 4.21. The van der Waals surface area contributed by atoms with Gasteiger partial charge in [0.2, 0.25) is 0 Å². The molecule has 0 fully saturated rings. The molecule has 0 saturated heterocycles. The zero-order chi connectivity index (χ0) is 15.5. The number of carbonyl (C=O) groups is 1. The number of aryl methyl sites for hydroxylation is 1. The third-order valence-electron chi connectivity index (χ3n) is 3.84. The third-order valence-corrected chi connectivity index (χ3v) is 5.03. The van der Waals surface area contributed by atoms with Crippen molar-refractivity contribution in [3.8, 4) is 11.5 Å². The summed E-state index contributed by atoms with van der Waals surface area (Å²) in [6.07, 6.45) is 1.79. The fourth-order valence-electron chi connectivity index (χ4n) is 2.63. The predicted molar refractivity (Wildman–Crippen MR) is 94.2 cm³/mol. The van der Waals surface area contributed by atoms with Crippen LogP contribution >= 0.6 is 22.6 Å². The van der Waals surface area contributed by atoms with Crippen LogP contribution in [0.15, 0.2) is 42.5 Å². The molecule has 0 saturated carbocycles. The minimum atomic E-state index is 0.0610. The Morgan fingerprint density at radius 3 is 2.68 bits per heavy atom. The van der Waals surface area contributed by atoms with Gasteiger partial charge >= 0.3 is 0 Å². The summed E-state index contributed by atoms with van der Waals surface area (Å²) in [6, 6.07) is 13.8. The van der Waals surface area contributed by atoms with E-state index in [9.17, 15) is 4.79 Å². The number of alkyl halides is 1. The maximum absolute atomic E-state index is 12.3. The maximum Gasteiger partial charge on any atom is 0.176 e. The number of ketones is 1. The standard InChI is InChI=1S/C18H17IO3/c1-21-16-10-14-13(7-8-15(19)18(14)20)9-17(16)22-11-12-5-3-2-4-6-12/h2-6,9-10,15H,7-8,11H2,1H3. The van der Waals surface area contributed by atoms with Crippen LogP contribution in [0.1, 0.15) is 27.9 Å². The normalized spacial score (nSPS) is 17.0. The highest BCUT2D eigenvalue weighted by molar-refractivity contribution is 14.1. The van der Waals surface area contributed by atoms with Crippen molar-refractivity contribution in [3.63, 3.8) is 0 Å². The lowest BCUT2D eigenvalue weighted by atomic mass is 9.90. The minimum Gasteiger partial charge on any atom is -0.493 e. The van der Waals surface area contributed by atoms with Gasteiger partial charge in [0.25, 0.3) is 0 Å². The van der Waals surface area contributed by atoms with Crippen LogP contribution in [0.2, 0.25) is 0 Å². The first-order valence-corrected chi connectivity index (χ1v) is 8.49. The summed E-state index contributed by atoms with van der Waals surface area (Å²) in [7, 11) is 1.60. The Hall–Kier alpha value is -1.56. The number of hydrogen-bond acceptors (Lipinski definition) is 3. The van der Waals surface area contributed by atoms with Gasteiger partial charge in [0, 0.05) is 5.56 Å². The van der Waals surface area contributed by atoms with E-state index in [-0.39, 0.29) is 9.71 Å². The summed E-state index contributed by atoms with van der Waals surface area (Å²) in [4.78, 5) is 12.3. The first kappa shape index (κ1) is 15.3. The summed E-state index contributed by atoms with van der Waals surface area (Å²) in [5.74, 6) is 1.51. The molecule has 0 aromatic heterocycles. The van der Waals surface area contributed by atoms with E-state index in [1.54, 1.807) is 7.11 Å². The molecule has 114 valence electrons. The average molecular weight is 408 g/mol. The lowest BCUT2D eigenvalue weighted by Gasteiger charge is -2.21. The second-order valence-corrected chi connectivity index (χ2v) is 6.81. The molecule has 0 spiro atoms. The monoisotopic (exact) mass is 408 g/mol. The molecule has 1 aliphatic carbocycles. The Bertz CT molecular complexity index is 682. The molecule has 0 N–H and O–H groups in total. The maximum atomic E-state index is 12.3. The molecule has 0 amide bonds. The van der Waals surface area contributed by atoms with Gasteiger partial charge in [-0.1, -0.05) is 52.9 Å². The Balaban J connectivity index is 1.87. The molecule has 2 aromatic rings. The molecule has 0 aliphatic heterocycles. The largest absolute Gasteiger partial charge is 0.493 e. The van der Waals surface area contributed by atoms with Crippen LogP contribution in [0.3, 0.4) is 0 Å². The Morgan fingerprint density at radius 1 is 1.18 bits per heavy atom. The van der Waals surface area contributed by atoms with Crippen LogP contribution < -0.4 is 9.47 Å². The molecule has 1 aliphatic rings. The minimum absolute atomic E-state index is 0.0610. The number of fused-ring (bicyclic) bond motifs is 1. The molecule has 0 heterocycles. The number of rotatable bonds is 4. The molecule has 1 unspecified atom stereocenters. The summed E-state index contributed by atoms with van der Waals surface area (Å²) < 4.78 is 11.4. The van der Waals surface area contributed by atoms with Crippen LogP contribution in [-0.2, 0) is 13.0 Å². The van der Waals surface area contributed by atoms with E-state index in [2.05, 4.69) is 22.6 Å². The van der Waals surface area contributed by atoms with Crippen molar-refractivity contribution < 1.29 is 14.3 Å². The van der Waals surface area contributed by atoms with Gasteiger partial charge in [0.1, 0.15) is 6.61 Å². The zero-order valence-electron chi connectivity index (χ0n) is 12.3. The fourth-order valence-corrected chi connectivity index (χ4v) is 3.27. The van der Waals surface area contributed by atoms with Gasteiger partial charge in [-0.05, 0) is 36.1 Å². The molecule has 0 radical (unpaired) electrons. The summed E-state index contributed by atoms with van der Waals surface area (Å²) >= 11 is 2.21. The number of halogens is 1. The lowest BCUT2D eigenvalue weighted by molar-refractivity contribution is 0.0984. The first-order valence-electron chi connectivity index (χ1n) is 7.25. The van der Waals surface area contributed by atoms with Crippen LogP contribution in [0.25, 0.3) is 0 Å². The number of Topliss-reactive ketones (excluding diaryl/α,β-unsaturated/α-hetero) is 1. The first-order chi connectivity index (χ1) is 10.7. The van der Waals surface area contributed by atoms with Crippen LogP contribution in [0.5, 0.6) is 11.5 Å². The van der Waals surface area contributed by atoms with Crippen LogP contribution in [-0.4, -0.2) is 16.8 Å². The van der Waals surface area contributed by atoms with Gasteiger partial charge < -0.3 is 9.47 Å². The van der Waals surface area contributed by atoms with E-state index in [1.165, 1.54) is 0 Å². The average Bonchev–Trinajstić information content (AvgIpc) is 2.57. The molecule has 2 aromatic carbocycles. The topological polar surface area (TPSA) is 35.5 Å². The van der Waals surface area contributed by atoms with E-state index in [1.807, 2.05) is 42.5 Å². The molecule has 3 nitrogen and oxygen atoms in total. The molecule has 1 atom stereocenters. The lowest BCUT2D eigenvalue weighted by Crippen LogP contribution is -2.22. The van der Waals surface area contributed by atoms with Crippen molar-refractivity contribution in [1.29, 1.82) is 0 Å². The second-order valence-electron chi connectivity index (χ2n) is 5.30. The van der Waals surface area contributed by atoms with Gasteiger partial charge in [-0.2, -0.15) is 0 Å². The van der Waals surface area contributed by atoms with Crippen LogP contribution in [0, 0.1) is 0 Å². The number of hydrogen-bond donors (Lipinski definition) is 0. The van der Waals surface area contributed by atoms with E-state index in [0.29, 0.717) is 18.1 Å². The molecule has 3 rings (SSSR count). The number of benzene rings is 2. The summed E-state index contributed by atoms with van der Waals surface area (Å²) in [5.41, 5.74) is 2.93. The van der Waals surface area contributed by atoms with Gasteiger partial charge in [0.15, 0.2) is 17.3 Å². The van der Waals surface area contributed by atoms with Crippen molar-refractivity contribution in [2.24, 2.45) is 0 Å². The highest BCUT2D eigenvalue weighted by Crippen LogP contribution is 2.36. The van der Waals surface area contributed by atoms with E-state index >= 15 is 0 Å². The van der Waals surface area contributed by atoms with E-state index < -0.39 is 0 Å². The Kier molecular flexibility index (Phi) is 4.66. The van der Waals surface area contributed by atoms with Crippen molar-refractivity contribution in [3.05, 3.63) is 59.2 Å². The van der Waals surface area contributed by atoms with Gasteiger partial charge in [0.05, 0.1) is 11.0 Å². The van der Waals surface area contributed by atoms with Crippen molar-refractivity contribution >= 4 is 28.4 Å². The van der Waals surface area contributed by atoms with Gasteiger partial charge in [-0.25, -0.2) is 0 Å². The number of carbonyl (C=O) groups excluding carboxylic acids is 1. The Morgan fingerprint density at radius 2 is 1.95 bits per heavy atom. The van der Waals surface area contributed by atoms with Crippen molar-refractivity contribution in [2.75, 3.05) is 7.11 Å². The molecule has 0 bridgehead atoms. The van der Waals surface area contributed by atoms with E-state index in [4.69, 9.17) is 9.47 Å². The second kappa shape index (κ2) is 6.69. The number of ether oxygens (including phenoxy) is 2.